The maximum absolute atomic E-state index is 5.16. The first-order valence-electron chi connectivity index (χ1n) is 11.6. The molecule has 0 aliphatic heterocycles. The van der Waals surface area contributed by atoms with Gasteiger partial charge in [0.05, 0.1) is 27.9 Å². The second-order valence-corrected chi connectivity index (χ2v) is 8.57. The number of aromatic nitrogens is 4. The summed E-state index contributed by atoms with van der Waals surface area (Å²) in [5.74, 6) is 0.851. The van der Waals surface area contributed by atoms with Crippen molar-refractivity contribution >= 4 is 27.6 Å². The molecule has 0 atom stereocenters. The molecule has 7 aromatic rings. The molecule has 0 bridgehead atoms. The molecule has 0 spiro atoms. The van der Waals surface area contributed by atoms with Gasteiger partial charge in [0.1, 0.15) is 11.5 Å². The minimum absolute atomic E-state index is 0.851. The largest absolute Gasteiger partial charge is 0.276 e. The minimum atomic E-state index is 0.851. The fourth-order valence-electron chi connectivity index (χ4n) is 4.71. The molecule has 3 heterocycles. The van der Waals surface area contributed by atoms with Crippen LogP contribution in [0, 0.1) is 0 Å². The fourth-order valence-corrected chi connectivity index (χ4v) is 4.71. The van der Waals surface area contributed by atoms with Crippen molar-refractivity contribution in [2.45, 2.75) is 0 Å². The van der Waals surface area contributed by atoms with Gasteiger partial charge in [-0.2, -0.15) is 0 Å². The van der Waals surface area contributed by atoms with Gasteiger partial charge in [0.25, 0.3) is 0 Å². The van der Waals surface area contributed by atoms with Crippen molar-refractivity contribution in [1.29, 1.82) is 0 Å². The van der Waals surface area contributed by atoms with Crippen LogP contribution in [0.15, 0.2) is 121 Å². The van der Waals surface area contributed by atoms with Crippen LogP contribution in [0.1, 0.15) is 0 Å². The number of hydrogen-bond acceptors (Lipinski definition) is 3. The maximum atomic E-state index is 5.16. The average Bonchev–Trinajstić information content (AvgIpc) is 3.33. The smallest absolute Gasteiger partial charge is 0.149 e. The molecule has 4 nitrogen and oxygen atoms in total. The summed E-state index contributed by atoms with van der Waals surface area (Å²) in [6, 6.07) is 41.3. The quantitative estimate of drug-likeness (QED) is 0.282. The molecular weight excluding hydrogens is 428 g/mol. The summed E-state index contributed by atoms with van der Waals surface area (Å²) in [6.07, 6.45) is 0. The number of hydrogen-bond donors (Lipinski definition) is 0. The number of fused-ring (bicyclic) bond motifs is 5. The average molecular weight is 449 g/mol. The van der Waals surface area contributed by atoms with E-state index in [1.165, 1.54) is 0 Å². The summed E-state index contributed by atoms with van der Waals surface area (Å²) >= 11 is 0. The molecule has 4 heteroatoms. The third kappa shape index (κ3) is 3.27. The Morgan fingerprint density at radius 1 is 0.457 bits per heavy atom. The molecule has 0 unspecified atom stereocenters. The zero-order valence-corrected chi connectivity index (χ0v) is 18.8. The third-order valence-corrected chi connectivity index (χ3v) is 6.37. The van der Waals surface area contributed by atoms with Crippen LogP contribution in [0.2, 0.25) is 0 Å². The number of rotatable bonds is 3. The number of benzene rings is 4. The maximum Gasteiger partial charge on any atom is 0.149 e. The van der Waals surface area contributed by atoms with E-state index in [0.717, 1.165) is 61.5 Å². The Kier molecular flexibility index (Phi) is 4.42. The Balaban J connectivity index is 1.60. The Hall–Kier alpha value is -4.83. The molecule has 7 rings (SSSR count). The Labute approximate surface area is 202 Å². The summed E-state index contributed by atoms with van der Waals surface area (Å²) in [4.78, 5) is 15.2. The predicted octanol–water partition coefficient (Wildman–Crippen LogP) is 7.43. The number of pyridine rings is 1. The molecule has 0 saturated heterocycles. The van der Waals surface area contributed by atoms with Gasteiger partial charge in [0.2, 0.25) is 0 Å². The van der Waals surface area contributed by atoms with E-state index in [1.807, 2.05) is 60.7 Å². The van der Waals surface area contributed by atoms with Crippen molar-refractivity contribution in [1.82, 2.24) is 19.4 Å². The molecule has 35 heavy (non-hydrogen) atoms. The van der Waals surface area contributed by atoms with Gasteiger partial charge in [-0.05, 0) is 36.4 Å². The second kappa shape index (κ2) is 7.89. The van der Waals surface area contributed by atoms with Gasteiger partial charge in [-0.1, -0.05) is 84.9 Å². The van der Waals surface area contributed by atoms with Crippen LogP contribution < -0.4 is 0 Å². The van der Waals surface area contributed by atoms with E-state index in [9.17, 15) is 0 Å². The standard InChI is InChI=1S/C31H20N4/c1-3-11-21(12-4-1)27-19-23(20-28(32-27)22-13-5-2-6-14-22)30-33-25-16-8-7-15-24(25)31-34-26-17-9-10-18-29(26)35(30)31/h1-20H. The predicted molar refractivity (Wildman–Crippen MR) is 142 cm³/mol. The van der Waals surface area contributed by atoms with Gasteiger partial charge in [0, 0.05) is 22.1 Å². The lowest BCUT2D eigenvalue weighted by Crippen LogP contribution is -2.00. The van der Waals surface area contributed by atoms with Crippen molar-refractivity contribution in [3.8, 4) is 33.9 Å². The fraction of sp³-hybridized carbons (Fsp3) is 0. The van der Waals surface area contributed by atoms with Gasteiger partial charge in [0.15, 0.2) is 0 Å². The van der Waals surface area contributed by atoms with Crippen LogP contribution >= 0.6 is 0 Å². The van der Waals surface area contributed by atoms with Crippen LogP contribution in [0.25, 0.3) is 61.5 Å². The van der Waals surface area contributed by atoms with Crippen LogP contribution in [-0.2, 0) is 0 Å². The van der Waals surface area contributed by atoms with Crippen molar-refractivity contribution in [3.05, 3.63) is 121 Å². The molecule has 0 amide bonds. The van der Waals surface area contributed by atoms with E-state index in [2.05, 4.69) is 65.1 Å². The first kappa shape index (κ1) is 19.6. The Morgan fingerprint density at radius 3 is 1.71 bits per heavy atom. The van der Waals surface area contributed by atoms with Gasteiger partial charge in [-0.25, -0.2) is 15.0 Å². The summed E-state index contributed by atoms with van der Waals surface area (Å²) in [7, 11) is 0. The summed E-state index contributed by atoms with van der Waals surface area (Å²) < 4.78 is 2.18. The molecular formula is C31H20N4. The van der Waals surface area contributed by atoms with Gasteiger partial charge < -0.3 is 0 Å². The van der Waals surface area contributed by atoms with E-state index in [0.29, 0.717) is 0 Å². The summed E-state index contributed by atoms with van der Waals surface area (Å²) in [6.45, 7) is 0. The third-order valence-electron chi connectivity index (χ3n) is 6.37. The molecule has 0 radical (unpaired) electrons. The van der Waals surface area contributed by atoms with E-state index >= 15 is 0 Å². The van der Waals surface area contributed by atoms with Crippen molar-refractivity contribution in [2.75, 3.05) is 0 Å². The highest BCUT2D eigenvalue weighted by Gasteiger charge is 2.17. The second-order valence-electron chi connectivity index (χ2n) is 8.57. The lowest BCUT2D eigenvalue weighted by molar-refractivity contribution is 1.15. The molecule has 0 aliphatic rings. The van der Waals surface area contributed by atoms with E-state index < -0.39 is 0 Å². The van der Waals surface area contributed by atoms with E-state index in [4.69, 9.17) is 15.0 Å². The first-order valence-corrected chi connectivity index (χ1v) is 11.6. The van der Waals surface area contributed by atoms with Crippen LogP contribution in [-0.4, -0.2) is 19.4 Å². The van der Waals surface area contributed by atoms with Gasteiger partial charge in [-0.15, -0.1) is 0 Å². The molecule has 0 fully saturated rings. The topological polar surface area (TPSA) is 43.1 Å². The van der Waals surface area contributed by atoms with Crippen LogP contribution in [0.4, 0.5) is 0 Å². The highest BCUT2D eigenvalue weighted by atomic mass is 15.1. The van der Waals surface area contributed by atoms with Crippen molar-refractivity contribution in [2.24, 2.45) is 0 Å². The summed E-state index contributed by atoms with van der Waals surface area (Å²) in [5.41, 5.74) is 8.78. The zero-order valence-electron chi connectivity index (χ0n) is 18.8. The normalized spacial score (nSPS) is 11.4. The lowest BCUT2D eigenvalue weighted by atomic mass is 10.0. The van der Waals surface area contributed by atoms with Crippen molar-refractivity contribution < 1.29 is 0 Å². The van der Waals surface area contributed by atoms with Gasteiger partial charge >= 0.3 is 0 Å². The zero-order chi connectivity index (χ0) is 23.2. The van der Waals surface area contributed by atoms with Crippen molar-refractivity contribution in [3.63, 3.8) is 0 Å². The highest BCUT2D eigenvalue weighted by molar-refractivity contribution is 5.98. The molecule has 3 aromatic heterocycles. The minimum Gasteiger partial charge on any atom is -0.276 e. The lowest BCUT2D eigenvalue weighted by Gasteiger charge is -2.13. The highest BCUT2D eigenvalue weighted by Crippen LogP contribution is 2.33. The SMILES string of the molecule is c1ccc(-c2cc(-c3nc4ccccc4c4nc5ccccc5n34)cc(-c3ccccc3)n2)cc1. The van der Waals surface area contributed by atoms with Gasteiger partial charge in [-0.3, -0.25) is 4.40 Å². The molecule has 0 N–H and O–H groups in total. The molecule has 4 aromatic carbocycles. The van der Waals surface area contributed by atoms with E-state index in [1.54, 1.807) is 0 Å². The van der Waals surface area contributed by atoms with Crippen LogP contribution in [0.5, 0.6) is 0 Å². The Morgan fingerprint density at radius 2 is 1.03 bits per heavy atom. The summed E-state index contributed by atoms with van der Waals surface area (Å²) in [5, 5.41) is 1.04. The number of nitrogens with zero attached hydrogens (tertiary/aromatic N) is 4. The number of imidazole rings is 1. The molecule has 164 valence electrons. The van der Waals surface area contributed by atoms with E-state index in [-0.39, 0.29) is 0 Å². The van der Waals surface area contributed by atoms with Crippen LogP contribution in [0.3, 0.4) is 0 Å². The first-order chi connectivity index (χ1) is 17.3. The number of para-hydroxylation sites is 3. The Bertz CT molecular complexity index is 1780. The monoisotopic (exact) mass is 448 g/mol. The molecule has 0 aliphatic carbocycles. The molecule has 0 saturated carbocycles.